The van der Waals surface area contributed by atoms with Crippen molar-refractivity contribution in [3.63, 3.8) is 0 Å². The fraction of sp³-hybridized carbons (Fsp3) is 0. The maximum Gasteiger partial charge on any atom is 0.335 e. The molecule has 0 aliphatic carbocycles. The molecule has 0 spiro atoms. The molecule has 1 heterocycles. The number of benzene rings is 2. The first-order valence-corrected chi connectivity index (χ1v) is 8.82. The molecule has 3 rings (SSSR count). The highest BCUT2D eigenvalue weighted by Crippen LogP contribution is 2.19. The second-order valence-electron chi connectivity index (χ2n) is 5.56. The molecular formula is C19H13N2O5S-. The molecule has 0 amide bonds. The smallest absolute Gasteiger partial charge is 0.335 e. The van der Waals surface area contributed by atoms with Crippen LogP contribution in [0.25, 0.3) is 17.0 Å². The van der Waals surface area contributed by atoms with Crippen molar-refractivity contribution in [2.24, 2.45) is 0 Å². The highest BCUT2D eigenvalue weighted by Gasteiger charge is 2.06. The summed E-state index contributed by atoms with van der Waals surface area (Å²) in [4.78, 5) is 27.4. The SMILES string of the molecule is O=C(O)c1ccc(C(=O)C=Cc2ccc3cc(NS(=O)[O-])ccc3n2)cc1. The van der Waals surface area contributed by atoms with Gasteiger partial charge in [-0.05, 0) is 48.6 Å². The average Bonchev–Trinajstić information content (AvgIpc) is 2.65. The van der Waals surface area contributed by atoms with E-state index in [1.165, 1.54) is 30.3 Å². The van der Waals surface area contributed by atoms with Gasteiger partial charge < -0.3 is 14.4 Å². The Bertz CT molecular complexity index is 1080. The molecular weight excluding hydrogens is 368 g/mol. The molecule has 0 radical (unpaired) electrons. The maximum absolute atomic E-state index is 12.2. The van der Waals surface area contributed by atoms with E-state index in [0.717, 1.165) is 5.39 Å². The molecule has 0 aliphatic heterocycles. The fourth-order valence-corrected chi connectivity index (χ4v) is 2.75. The van der Waals surface area contributed by atoms with E-state index in [1.807, 2.05) is 0 Å². The summed E-state index contributed by atoms with van der Waals surface area (Å²) in [5, 5.41) is 9.62. The normalized spacial score (nSPS) is 12.2. The summed E-state index contributed by atoms with van der Waals surface area (Å²) in [5.41, 5.74) is 2.13. The number of anilines is 1. The van der Waals surface area contributed by atoms with Crippen LogP contribution in [0.4, 0.5) is 5.69 Å². The average molecular weight is 381 g/mol. The molecule has 2 N–H and O–H groups in total. The van der Waals surface area contributed by atoms with E-state index in [2.05, 4.69) is 9.71 Å². The third-order valence-electron chi connectivity index (χ3n) is 3.73. The van der Waals surface area contributed by atoms with Gasteiger partial charge >= 0.3 is 5.97 Å². The van der Waals surface area contributed by atoms with Gasteiger partial charge in [-0.1, -0.05) is 18.2 Å². The Morgan fingerprint density at radius 1 is 1.04 bits per heavy atom. The van der Waals surface area contributed by atoms with E-state index < -0.39 is 17.2 Å². The van der Waals surface area contributed by atoms with Crippen molar-refractivity contribution >= 4 is 45.7 Å². The predicted octanol–water partition coefficient (Wildman–Crippen LogP) is 3.04. The number of allylic oxidation sites excluding steroid dienone is 1. The number of fused-ring (bicyclic) bond motifs is 1. The number of carboxylic acids is 1. The second kappa shape index (κ2) is 7.90. The number of hydrogen-bond acceptors (Lipinski definition) is 5. The quantitative estimate of drug-likeness (QED) is 0.385. The van der Waals surface area contributed by atoms with E-state index >= 15 is 0 Å². The maximum atomic E-state index is 12.2. The molecule has 27 heavy (non-hydrogen) atoms. The van der Waals surface area contributed by atoms with E-state index in [4.69, 9.17) is 5.11 Å². The number of aromatic carboxylic acids is 1. The van der Waals surface area contributed by atoms with Gasteiger partial charge in [0.25, 0.3) is 0 Å². The van der Waals surface area contributed by atoms with Crippen LogP contribution in [0.3, 0.4) is 0 Å². The van der Waals surface area contributed by atoms with Gasteiger partial charge in [0.05, 0.1) is 16.8 Å². The van der Waals surface area contributed by atoms with Crippen LogP contribution in [-0.2, 0) is 11.3 Å². The second-order valence-corrected chi connectivity index (χ2v) is 6.23. The summed E-state index contributed by atoms with van der Waals surface area (Å²) in [7, 11) is 0. The molecule has 1 unspecified atom stereocenters. The summed E-state index contributed by atoms with van der Waals surface area (Å²) in [6.45, 7) is 0. The van der Waals surface area contributed by atoms with Crippen LogP contribution in [0, 0.1) is 0 Å². The first-order valence-electron chi connectivity index (χ1n) is 7.75. The zero-order valence-corrected chi connectivity index (χ0v) is 14.6. The number of hydrogen-bond donors (Lipinski definition) is 2. The number of rotatable bonds is 6. The van der Waals surface area contributed by atoms with Crippen molar-refractivity contribution in [3.8, 4) is 0 Å². The van der Waals surface area contributed by atoms with E-state index in [0.29, 0.717) is 22.5 Å². The molecule has 0 aliphatic rings. The van der Waals surface area contributed by atoms with E-state index in [9.17, 15) is 18.4 Å². The van der Waals surface area contributed by atoms with Gasteiger partial charge in [-0.2, -0.15) is 0 Å². The fourth-order valence-electron chi connectivity index (χ4n) is 2.43. The van der Waals surface area contributed by atoms with Crippen molar-refractivity contribution in [1.29, 1.82) is 0 Å². The number of carboxylic acid groups (broad SMARTS) is 1. The van der Waals surface area contributed by atoms with Crippen LogP contribution in [0.1, 0.15) is 26.4 Å². The minimum atomic E-state index is -2.40. The first kappa shape index (κ1) is 18.4. The number of pyridine rings is 1. The van der Waals surface area contributed by atoms with Crippen molar-refractivity contribution < 1.29 is 23.5 Å². The molecule has 1 atom stereocenters. The Balaban J connectivity index is 1.77. The van der Waals surface area contributed by atoms with Crippen LogP contribution in [-0.4, -0.2) is 30.6 Å². The first-order chi connectivity index (χ1) is 12.9. The number of carbonyl (C=O) groups excluding carboxylic acids is 1. The Labute approximate surface area is 156 Å². The molecule has 0 saturated carbocycles. The zero-order valence-electron chi connectivity index (χ0n) is 13.8. The van der Waals surface area contributed by atoms with E-state index in [1.54, 1.807) is 36.4 Å². The molecule has 136 valence electrons. The molecule has 0 bridgehead atoms. The lowest BCUT2D eigenvalue weighted by Crippen LogP contribution is -2.01. The van der Waals surface area contributed by atoms with Crippen LogP contribution in [0.5, 0.6) is 0 Å². The highest BCUT2D eigenvalue weighted by molar-refractivity contribution is 7.80. The molecule has 8 heteroatoms. The van der Waals surface area contributed by atoms with Gasteiger partial charge in [-0.15, -0.1) is 0 Å². The Morgan fingerprint density at radius 2 is 1.74 bits per heavy atom. The molecule has 1 aromatic heterocycles. The van der Waals surface area contributed by atoms with Crippen LogP contribution < -0.4 is 4.72 Å². The summed E-state index contributed by atoms with van der Waals surface area (Å²) in [5.74, 6) is -1.32. The highest BCUT2D eigenvalue weighted by atomic mass is 32.2. The van der Waals surface area contributed by atoms with Gasteiger partial charge in [-0.3, -0.25) is 9.00 Å². The lowest BCUT2D eigenvalue weighted by Gasteiger charge is -2.09. The van der Waals surface area contributed by atoms with Crippen molar-refractivity contribution in [1.82, 2.24) is 4.98 Å². The standard InChI is InChI=1S/C19H14N2O5S/c22-18(12-1-3-13(4-2-12)19(23)24)10-8-15-6-5-14-11-16(21-27(25)26)7-9-17(14)20-15/h1-11,21H,(H,23,24)(H,25,26)/p-1. The largest absolute Gasteiger partial charge is 0.755 e. The van der Waals surface area contributed by atoms with Crippen LogP contribution in [0.15, 0.2) is 60.7 Å². The van der Waals surface area contributed by atoms with Gasteiger partial charge in [0.1, 0.15) is 0 Å². The monoisotopic (exact) mass is 381 g/mol. The van der Waals surface area contributed by atoms with Crippen molar-refractivity contribution in [2.45, 2.75) is 0 Å². The molecule has 0 saturated heterocycles. The molecule has 0 fully saturated rings. The minimum absolute atomic E-state index is 0.112. The summed E-state index contributed by atoms with van der Waals surface area (Å²) >= 11 is -2.40. The number of aromatic nitrogens is 1. The summed E-state index contributed by atoms with van der Waals surface area (Å²) in [6, 6.07) is 14.1. The Morgan fingerprint density at radius 3 is 2.41 bits per heavy atom. The lowest BCUT2D eigenvalue weighted by molar-refractivity contribution is 0.0696. The predicted molar refractivity (Wildman–Crippen MR) is 101 cm³/mol. The topological polar surface area (TPSA) is 119 Å². The summed E-state index contributed by atoms with van der Waals surface area (Å²) in [6.07, 6.45) is 2.92. The van der Waals surface area contributed by atoms with Crippen LogP contribution in [0.2, 0.25) is 0 Å². The Hall–Kier alpha value is -3.36. The third kappa shape index (κ3) is 4.63. The number of nitrogens with zero attached hydrogens (tertiary/aromatic N) is 1. The number of ketones is 1. The molecule has 7 nitrogen and oxygen atoms in total. The van der Waals surface area contributed by atoms with Crippen molar-refractivity contribution in [3.05, 3.63) is 77.5 Å². The molecule has 3 aromatic rings. The van der Waals surface area contributed by atoms with E-state index in [-0.39, 0.29) is 11.3 Å². The number of nitrogens with one attached hydrogen (secondary N) is 1. The van der Waals surface area contributed by atoms with Crippen LogP contribution >= 0.6 is 0 Å². The van der Waals surface area contributed by atoms with Crippen molar-refractivity contribution in [2.75, 3.05) is 4.72 Å². The lowest BCUT2D eigenvalue weighted by atomic mass is 10.1. The minimum Gasteiger partial charge on any atom is -0.755 e. The Kier molecular flexibility index (Phi) is 5.39. The molecule has 2 aromatic carbocycles. The van der Waals surface area contributed by atoms with Gasteiger partial charge in [0.2, 0.25) is 0 Å². The number of carbonyl (C=O) groups is 2. The van der Waals surface area contributed by atoms with Gasteiger partial charge in [0, 0.05) is 27.9 Å². The van der Waals surface area contributed by atoms with Gasteiger partial charge in [0.15, 0.2) is 5.78 Å². The zero-order chi connectivity index (χ0) is 19.4. The summed E-state index contributed by atoms with van der Waals surface area (Å²) < 4.78 is 23.6. The third-order valence-corrected chi connectivity index (χ3v) is 4.14. The van der Waals surface area contributed by atoms with Gasteiger partial charge in [-0.25, -0.2) is 9.78 Å².